The zero-order valence-electron chi connectivity index (χ0n) is 23.6. The predicted octanol–water partition coefficient (Wildman–Crippen LogP) is 4.17. The molecular formula is C31H34ClN9O. The minimum atomic E-state index is 0.0613. The number of nitrogens with two attached hydrogens (primary N) is 1. The number of piperidine rings is 1. The number of imidazole rings is 1. The van der Waals surface area contributed by atoms with E-state index in [1.807, 2.05) is 48.5 Å². The molecule has 11 heteroatoms. The first kappa shape index (κ1) is 27.9. The van der Waals surface area contributed by atoms with E-state index in [1.54, 1.807) is 17.1 Å². The molecule has 5 heterocycles. The Morgan fingerprint density at radius 1 is 1.05 bits per heavy atom. The molecule has 1 fully saturated rings. The van der Waals surface area contributed by atoms with Crippen LogP contribution in [-0.2, 0) is 17.6 Å². The van der Waals surface area contributed by atoms with Crippen LogP contribution in [0.15, 0.2) is 67.1 Å². The van der Waals surface area contributed by atoms with Gasteiger partial charge >= 0.3 is 0 Å². The molecule has 0 saturated carbocycles. The van der Waals surface area contributed by atoms with Gasteiger partial charge in [0.05, 0.1) is 5.56 Å². The first-order valence-corrected chi connectivity index (χ1v) is 14.8. The first-order valence-electron chi connectivity index (χ1n) is 14.3. The maximum absolute atomic E-state index is 11.1. The number of nitrogens with one attached hydrogen (secondary N) is 1. The Morgan fingerprint density at radius 3 is 2.62 bits per heavy atom. The highest BCUT2D eigenvalue weighted by molar-refractivity contribution is 6.27. The number of nitrogen functional groups attached to an aromatic ring is 1. The Kier molecular flexibility index (Phi) is 8.16. The summed E-state index contributed by atoms with van der Waals surface area (Å²) in [6, 6.07) is 16.8. The zero-order valence-corrected chi connectivity index (χ0v) is 24.3. The molecule has 10 nitrogen and oxygen atoms in total. The van der Waals surface area contributed by atoms with E-state index in [1.165, 1.54) is 17.5 Å². The molecule has 0 atom stereocenters. The van der Waals surface area contributed by atoms with E-state index in [0.717, 1.165) is 72.8 Å². The SMILES string of the molecule is CNC1CCN(C(=O)CCl)CC1.Nc1ncccc1-c1nc2ccc(-n3cccn3)nc2n1-c1ccc2c(c1)CCC2. The van der Waals surface area contributed by atoms with Crippen LogP contribution in [0, 0.1) is 0 Å². The number of aromatic nitrogens is 6. The molecule has 0 spiro atoms. The highest BCUT2D eigenvalue weighted by Crippen LogP contribution is 2.32. The molecule has 2 aliphatic rings. The first-order chi connectivity index (χ1) is 20.6. The van der Waals surface area contributed by atoms with Gasteiger partial charge in [-0.2, -0.15) is 5.10 Å². The number of halogens is 1. The van der Waals surface area contributed by atoms with Crippen molar-refractivity contribution in [2.24, 2.45) is 0 Å². The molecule has 216 valence electrons. The molecule has 42 heavy (non-hydrogen) atoms. The van der Waals surface area contributed by atoms with Gasteiger partial charge in [0, 0.05) is 43.4 Å². The second kappa shape index (κ2) is 12.3. The third-order valence-corrected chi connectivity index (χ3v) is 8.25. The van der Waals surface area contributed by atoms with Gasteiger partial charge in [0.1, 0.15) is 17.2 Å². The van der Waals surface area contributed by atoms with E-state index in [4.69, 9.17) is 27.3 Å². The fourth-order valence-corrected chi connectivity index (χ4v) is 5.88. The molecule has 5 aromatic rings. The van der Waals surface area contributed by atoms with Crippen molar-refractivity contribution < 1.29 is 4.79 Å². The van der Waals surface area contributed by atoms with Crippen molar-refractivity contribution in [3.8, 4) is 22.9 Å². The van der Waals surface area contributed by atoms with Gasteiger partial charge in [-0.1, -0.05) is 6.07 Å². The molecule has 1 aromatic carbocycles. The predicted molar refractivity (Wildman–Crippen MR) is 165 cm³/mol. The summed E-state index contributed by atoms with van der Waals surface area (Å²) < 4.78 is 3.83. The summed E-state index contributed by atoms with van der Waals surface area (Å²) in [5, 5.41) is 7.53. The summed E-state index contributed by atoms with van der Waals surface area (Å²) in [6.07, 6.45) is 10.8. The minimum Gasteiger partial charge on any atom is -0.383 e. The van der Waals surface area contributed by atoms with Gasteiger partial charge in [0.2, 0.25) is 5.91 Å². The number of carbonyl (C=O) groups excluding carboxylic acids is 1. The van der Waals surface area contributed by atoms with E-state index >= 15 is 0 Å². The van der Waals surface area contributed by atoms with Gasteiger partial charge in [-0.25, -0.2) is 19.6 Å². The van der Waals surface area contributed by atoms with Crippen LogP contribution in [-0.4, -0.2) is 72.2 Å². The molecule has 0 unspecified atom stereocenters. The molecule has 0 radical (unpaired) electrons. The number of benzene rings is 1. The van der Waals surface area contributed by atoms with Crippen LogP contribution in [0.25, 0.3) is 34.1 Å². The standard InChI is InChI=1S/C23H19N7.C8H15ClN2O/c24-21-18(6-2-11-25-21)22-27-19-9-10-20(29-13-3-12-26-29)28-23(19)30(22)17-8-7-15-4-1-5-16(15)14-17;1-10-7-2-4-11(5-3-7)8(12)6-9/h2-3,6-14H,1,4-5H2,(H2,24,25);7,10H,2-6H2,1H3. The van der Waals surface area contributed by atoms with Crippen LogP contribution in [0.1, 0.15) is 30.4 Å². The summed E-state index contributed by atoms with van der Waals surface area (Å²) in [6.45, 7) is 1.69. The van der Waals surface area contributed by atoms with Gasteiger partial charge in [-0.05, 0) is 92.7 Å². The van der Waals surface area contributed by atoms with Crippen LogP contribution >= 0.6 is 11.6 Å². The molecule has 0 bridgehead atoms. The number of alkyl halides is 1. The topological polar surface area (TPSA) is 120 Å². The van der Waals surface area contributed by atoms with Crippen molar-refractivity contribution in [1.82, 2.24) is 39.5 Å². The van der Waals surface area contributed by atoms with Crippen LogP contribution in [0.4, 0.5) is 5.82 Å². The van der Waals surface area contributed by atoms with Crippen molar-refractivity contribution in [3.63, 3.8) is 0 Å². The second-order valence-electron chi connectivity index (χ2n) is 10.6. The smallest absolute Gasteiger partial charge is 0.237 e. The van der Waals surface area contributed by atoms with E-state index < -0.39 is 0 Å². The lowest BCUT2D eigenvalue weighted by atomic mass is 10.1. The highest BCUT2D eigenvalue weighted by Gasteiger charge is 2.21. The third kappa shape index (κ3) is 5.60. The van der Waals surface area contributed by atoms with Crippen LogP contribution < -0.4 is 11.1 Å². The maximum Gasteiger partial charge on any atom is 0.237 e. The fraction of sp³-hybridized carbons (Fsp3) is 0.323. The summed E-state index contributed by atoms with van der Waals surface area (Å²) in [5.74, 6) is 2.09. The monoisotopic (exact) mass is 583 g/mol. The number of fused-ring (bicyclic) bond motifs is 2. The number of nitrogens with zero attached hydrogens (tertiary/aromatic N) is 7. The lowest BCUT2D eigenvalue weighted by molar-refractivity contribution is -0.129. The van der Waals surface area contributed by atoms with Gasteiger partial charge in [-0.3, -0.25) is 9.36 Å². The Bertz CT molecular complexity index is 1690. The number of likely N-dealkylation sites (tertiary alicyclic amines) is 1. The number of amides is 1. The van der Waals surface area contributed by atoms with Crippen LogP contribution in [0.2, 0.25) is 0 Å². The Labute approximate surface area is 249 Å². The minimum absolute atomic E-state index is 0.0613. The summed E-state index contributed by atoms with van der Waals surface area (Å²) in [5.41, 5.74) is 12.4. The number of rotatable bonds is 5. The van der Waals surface area contributed by atoms with Crippen LogP contribution in [0.3, 0.4) is 0 Å². The fourth-order valence-electron chi connectivity index (χ4n) is 5.71. The average molecular weight is 584 g/mol. The van der Waals surface area contributed by atoms with Crippen LogP contribution in [0.5, 0.6) is 0 Å². The maximum atomic E-state index is 11.1. The molecule has 4 aromatic heterocycles. The molecule has 7 rings (SSSR count). The summed E-state index contributed by atoms with van der Waals surface area (Å²) >= 11 is 5.45. The van der Waals surface area contributed by atoms with E-state index in [0.29, 0.717) is 11.9 Å². The van der Waals surface area contributed by atoms with E-state index in [2.05, 4.69) is 38.2 Å². The Morgan fingerprint density at radius 2 is 1.88 bits per heavy atom. The number of carbonyl (C=O) groups is 1. The van der Waals surface area contributed by atoms with E-state index in [9.17, 15) is 4.79 Å². The van der Waals surface area contributed by atoms with Gasteiger partial charge < -0.3 is 16.0 Å². The summed E-state index contributed by atoms with van der Waals surface area (Å²) in [7, 11) is 1.96. The molecule has 1 saturated heterocycles. The van der Waals surface area contributed by atoms with E-state index in [-0.39, 0.29) is 11.8 Å². The number of hydrogen-bond donors (Lipinski definition) is 2. The molecule has 3 N–H and O–H groups in total. The Hall–Kier alpha value is -4.28. The van der Waals surface area contributed by atoms with Crippen molar-refractivity contribution in [3.05, 3.63) is 78.2 Å². The lowest BCUT2D eigenvalue weighted by Gasteiger charge is -2.31. The van der Waals surface area contributed by atoms with Crippen molar-refractivity contribution in [2.45, 2.75) is 38.1 Å². The normalized spacial score (nSPS) is 15.0. The molecular weight excluding hydrogens is 550 g/mol. The Balaban J connectivity index is 0.000000223. The van der Waals surface area contributed by atoms with Crippen molar-refractivity contribution >= 4 is 34.5 Å². The highest BCUT2D eigenvalue weighted by atomic mass is 35.5. The number of pyridine rings is 2. The number of aryl methyl sites for hydroxylation is 2. The van der Waals surface area contributed by atoms with Gasteiger partial charge in [0.15, 0.2) is 17.3 Å². The largest absolute Gasteiger partial charge is 0.383 e. The van der Waals surface area contributed by atoms with Crippen molar-refractivity contribution in [2.75, 3.05) is 31.8 Å². The van der Waals surface area contributed by atoms with Gasteiger partial charge in [0.25, 0.3) is 0 Å². The second-order valence-corrected chi connectivity index (χ2v) is 10.8. The van der Waals surface area contributed by atoms with Crippen molar-refractivity contribution in [1.29, 1.82) is 0 Å². The third-order valence-electron chi connectivity index (χ3n) is 8.02. The zero-order chi connectivity index (χ0) is 29.1. The quantitative estimate of drug-likeness (QED) is 0.298. The van der Waals surface area contributed by atoms with Gasteiger partial charge in [-0.15, -0.1) is 11.6 Å². The number of hydrogen-bond acceptors (Lipinski definition) is 7. The summed E-state index contributed by atoms with van der Waals surface area (Å²) in [4.78, 5) is 27.0. The molecule has 1 aliphatic carbocycles. The molecule has 1 aliphatic heterocycles. The number of anilines is 1. The lowest BCUT2D eigenvalue weighted by Crippen LogP contribution is -2.44. The average Bonchev–Trinajstić information content (AvgIpc) is 3.81. The molecule has 1 amide bonds.